The Kier molecular flexibility index (Phi) is 2.87. The van der Waals surface area contributed by atoms with Crippen LogP contribution in [0.2, 0.25) is 0 Å². The SMILES string of the molecule is Cc1cnc(C(C)Nc2ncc3ccccc3n2)o1. The summed E-state index contributed by atoms with van der Waals surface area (Å²) < 4.78 is 5.48. The molecule has 0 amide bonds. The smallest absolute Gasteiger partial charge is 0.223 e. The summed E-state index contributed by atoms with van der Waals surface area (Å²) >= 11 is 0. The van der Waals surface area contributed by atoms with Crippen LogP contribution >= 0.6 is 0 Å². The number of aromatic nitrogens is 3. The molecule has 0 saturated heterocycles. The van der Waals surface area contributed by atoms with Crippen molar-refractivity contribution >= 4 is 16.9 Å². The highest BCUT2D eigenvalue weighted by Gasteiger charge is 2.12. The third-order valence-corrected chi connectivity index (χ3v) is 2.84. The Morgan fingerprint density at radius 2 is 2.00 bits per heavy atom. The van der Waals surface area contributed by atoms with Gasteiger partial charge >= 0.3 is 0 Å². The largest absolute Gasteiger partial charge is 0.444 e. The Hall–Kier alpha value is -2.43. The van der Waals surface area contributed by atoms with E-state index in [1.165, 1.54) is 0 Å². The first-order valence-corrected chi connectivity index (χ1v) is 6.13. The zero-order valence-electron chi connectivity index (χ0n) is 10.8. The number of hydrogen-bond acceptors (Lipinski definition) is 5. The van der Waals surface area contributed by atoms with Crippen LogP contribution < -0.4 is 5.32 Å². The van der Waals surface area contributed by atoms with Crippen LogP contribution in [0.25, 0.3) is 10.9 Å². The zero-order valence-corrected chi connectivity index (χ0v) is 10.8. The van der Waals surface area contributed by atoms with Gasteiger partial charge in [0.2, 0.25) is 11.8 Å². The Labute approximate surface area is 110 Å². The molecule has 1 unspecified atom stereocenters. The summed E-state index contributed by atoms with van der Waals surface area (Å²) in [5, 5.41) is 4.21. The summed E-state index contributed by atoms with van der Waals surface area (Å²) in [4.78, 5) is 12.9. The number of fused-ring (bicyclic) bond motifs is 1. The minimum atomic E-state index is -0.0742. The maximum atomic E-state index is 5.48. The molecule has 19 heavy (non-hydrogen) atoms. The van der Waals surface area contributed by atoms with Crippen LogP contribution in [0.5, 0.6) is 0 Å². The Bertz CT molecular complexity index is 707. The Morgan fingerprint density at radius 1 is 1.16 bits per heavy atom. The fraction of sp³-hybridized carbons (Fsp3) is 0.214. The summed E-state index contributed by atoms with van der Waals surface area (Å²) in [6.07, 6.45) is 3.51. The first-order valence-electron chi connectivity index (χ1n) is 6.13. The highest BCUT2D eigenvalue weighted by atomic mass is 16.4. The van der Waals surface area contributed by atoms with E-state index < -0.39 is 0 Å². The van der Waals surface area contributed by atoms with Crippen LogP contribution in [0.15, 0.2) is 41.1 Å². The van der Waals surface area contributed by atoms with Gasteiger partial charge in [-0.05, 0) is 19.9 Å². The van der Waals surface area contributed by atoms with E-state index in [2.05, 4.69) is 20.3 Å². The lowest BCUT2D eigenvalue weighted by Gasteiger charge is -2.10. The third-order valence-electron chi connectivity index (χ3n) is 2.84. The number of anilines is 1. The van der Waals surface area contributed by atoms with Crippen LogP contribution in [0.1, 0.15) is 24.6 Å². The van der Waals surface area contributed by atoms with E-state index >= 15 is 0 Å². The number of benzene rings is 1. The maximum absolute atomic E-state index is 5.48. The molecule has 5 heteroatoms. The molecule has 0 radical (unpaired) electrons. The lowest BCUT2D eigenvalue weighted by molar-refractivity contribution is 0.453. The van der Waals surface area contributed by atoms with Crippen molar-refractivity contribution in [2.45, 2.75) is 19.9 Å². The van der Waals surface area contributed by atoms with Crippen molar-refractivity contribution in [3.8, 4) is 0 Å². The molecule has 0 bridgehead atoms. The van der Waals surface area contributed by atoms with E-state index in [1.54, 1.807) is 12.4 Å². The first-order chi connectivity index (χ1) is 9.22. The predicted molar refractivity (Wildman–Crippen MR) is 72.8 cm³/mol. The molecular weight excluding hydrogens is 240 g/mol. The zero-order chi connectivity index (χ0) is 13.2. The van der Waals surface area contributed by atoms with Crippen LogP contribution in [0.4, 0.5) is 5.95 Å². The molecule has 1 atom stereocenters. The van der Waals surface area contributed by atoms with Crippen molar-refractivity contribution in [2.24, 2.45) is 0 Å². The highest BCUT2D eigenvalue weighted by Crippen LogP contribution is 2.18. The number of hydrogen-bond donors (Lipinski definition) is 1. The lowest BCUT2D eigenvalue weighted by Crippen LogP contribution is -2.09. The van der Waals surface area contributed by atoms with Crippen LogP contribution in [0.3, 0.4) is 0 Å². The summed E-state index contributed by atoms with van der Waals surface area (Å²) in [5.74, 6) is 2.00. The number of nitrogens with zero attached hydrogens (tertiary/aromatic N) is 3. The summed E-state index contributed by atoms with van der Waals surface area (Å²) in [7, 11) is 0. The van der Waals surface area contributed by atoms with Crippen LogP contribution in [0, 0.1) is 6.92 Å². The van der Waals surface area contributed by atoms with E-state index in [-0.39, 0.29) is 6.04 Å². The van der Waals surface area contributed by atoms with E-state index in [9.17, 15) is 0 Å². The van der Waals surface area contributed by atoms with Gasteiger partial charge in [-0.1, -0.05) is 18.2 Å². The monoisotopic (exact) mass is 254 g/mol. The van der Waals surface area contributed by atoms with Crippen molar-refractivity contribution in [1.29, 1.82) is 0 Å². The second kappa shape index (κ2) is 4.68. The summed E-state index contributed by atoms with van der Waals surface area (Å²) in [6.45, 7) is 3.83. The van der Waals surface area contributed by atoms with Gasteiger partial charge in [-0.15, -0.1) is 0 Å². The lowest BCUT2D eigenvalue weighted by atomic mass is 10.2. The molecule has 1 aromatic carbocycles. The molecule has 96 valence electrons. The number of rotatable bonds is 3. The fourth-order valence-electron chi connectivity index (χ4n) is 1.87. The van der Waals surface area contributed by atoms with E-state index in [4.69, 9.17) is 4.42 Å². The van der Waals surface area contributed by atoms with Gasteiger partial charge in [-0.25, -0.2) is 15.0 Å². The molecule has 2 aromatic heterocycles. The second-order valence-corrected chi connectivity index (χ2v) is 4.43. The average Bonchev–Trinajstić information content (AvgIpc) is 2.85. The molecule has 0 saturated carbocycles. The molecule has 2 heterocycles. The Balaban J connectivity index is 1.84. The normalized spacial score (nSPS) is 12.5. The predicted octanol–water partition coefficient (Wildman–Crippen LogP) is 3.10. The highest BCUT2D eigenvalue weighted by molar-refractivity contribution is 5.78. The molecule has 0 fully saturated rings. The average molecular weight is 254 g/mol. The minimum Gasteiger partial charge on any atom is -0.444 e. The molecule has 0 aliphatic carbocycles. The summed E-state index contributed by atoms with van der Waals surface area (Å²) in [6, 6.07) is 7.80. The third kappa shape index (κ3) is 2.40. The van der Waals surface area contributed by atoms with Crippen LogP contribution in [-0.4, -0.2) is 15.0 Å². The molecule has 1 N–H and O–H groups in total. The molecule has 0 aliphatic rings. The number of oxazole rings is 1. The van der Waals surface area contributed by atoms with Gasteiger partial charge in [0, 0.05) is 11.6 Å². The van der Waals surface area contributed by atoms with E-state index in [0.717, 1.165) is 16.7 Å². The molecular formula is C14H14N4O. The van der Waals surface area contributed by atoms with Crippen molar-refractivity contribution in [2.75, 3.05) is 5.32 Å². The fourth-order valence-corrected chi connectivity index (χ4v) is 1.87. The van der Waals surface area contributed by atoms with Gasteiger partial charge in [-0.3, -0.25) is 0 Å². The molecule has 5 nitrogen and oxygen atoms in total. The molecule has 0 spiro atoms. The van der Waals surface area contributed by atoms with Gasteiger partial charge in [0.15, 0.2) is 0 Å². The number of aryl methyl sites for hydroxylation is 1. The topological polar surface area (TPSA) is 63.8 Å². The van der Waals surface area contributed by atoms with Gasteiger partial charge in [0.05, 0.1) is 11.7 Å². The summed E-state index contributed by atoms with van der Waals surface area (Å²) in [5.41, 5.74) is 0.913. The number of nitrogens with one attached hydrogen (secondary N) is 1. The minimum absolute atomic E-state index is 0.0742. The van der Waals surface area contributed by atoms with E-state index in [1.807, 2.05) is 38.1 Å². The molecule has 0 aliphatic heterocycles. The molecule has 3 aromatic rings. The Morgan fingerprint density at radius 3 is 2.79 bits per heavy atom. The van der Waals surface area contributed by atoms with Crippen LogP contribution in [-0.2, 0) is 0 Å². The van der Waals surface area contributed by atoms with Gasteiger partial charge in [0.25, 0.3) is 0 Å². The van der Waals surface area contributed by atoms with Gasteiger partial charge < -0.3 is 9.73 Å². The van der Waals surface area contributed by atoms with Crippen molar-refractivity contribution in [3.05, 3.63) is 48.3 Å². The van der Waals surface area contributed by atoms with E-state index in [0.29, 0.717) is 11.8 Å². The quantitative estimate of drug-likeness (QED) is 0.778. The molecule has 3 rings (SSSR count). The standard InChI is InChI=1S/C14H14N4O/c1-9-7-15-13(19-9)10(2)17-14-16-8-11-5-3-4-6-12(11)18-14/h3-8,10H,1-2H3,(H,16,17,18). The van der Waals surface area contributed by atoms with Crippen molar-refractivity contribution in [1.82, 2.24) is 15.0 Å². The maximum Gasteiger partial charge on any atom is 0.223 e. The van der Waals surface area contributed by atoms with Crippen molar-refractivity contribution < 1.29 is 4.42 Å². The van der Waals surface area contributed by atoms with Gasteiger partial charge in [-0.2, -0.15) is 0 Å². The second-order valence-electron chi connectivity index (χ2n) is 4.43. The number of para-hydroxylation sites is 1. The first kappa shape index (κ1) is 11.6. The van der Waals surface area contributed by atoms with Gasteiger partial charge in [0.1, 0.15) is 11.8 Å². The van der Waals surface area contributed by atoms with Crippen molar-refractivity contribution in [3.63, 3.8) is 0 Å².